The fourth-order valence-corrected chi connectivity index (χ4v) is 3.42. The SMILES string of the molecule is COc1cc(CNc2cc(C)ccc2C)cc(Cl)c1OCc1cccc(Cl)c1. The lowest BCUT2D eigenvalue weighted by molar-refractivity contribution is 0.284. The van der Waals surface area contributed by atoms with Gasteiger partial charge in [-0.3, -0.25) is 0 Å². The van der Waals surface area contributed by atoms with Gasteiger partial charge in [-0.2, -0.15) is 0 Å². The molecule has 0 heterocycles. The second-order valence-electron chi connectivity index (χ2n) is 6.70. The van der Waals surface area contributed by atoms with E-state index in [4.69, 9.17) is 32.7 Å². The van der Waals surface area contributed by atoms with Crippen molar-refractivity contribution in [3.8, 4) is 11.5 Å². The van der Waals surface area contributed by atoms with Gasteiger partial charge in [-0.1, -0.05) is 47.5 Å². The Hall–Kier alpha value is -2.36. The van der Waals surface area contributed by atoms with Gasteiger partial charge in [-0.15, -0.1) is 0 Å². The Labute approximate surface area is 176 Å². The lowest BCUT2D eigenvalue weighted by Gasteiger charge is -2.16. The molecule has 3 aromatic rings. The minimum absolute atomic E-state index is 0.358. The quantitative estimate of drug-likeness (QED) is 0.459. The summed E-state index contributed by atoms with van der Waals surface area (Å²) in [6.07, 6.45) is 0. The number of hydrogen-bond acceptors (Lipinski definition) is 3. The smallest absolute Gasteiger partial charge is 0.180 e. The molecule has 0 spiro atoms. The van der Waals surface area contributed by atoms with Crippen LogP contribution in [0.3, 0.4) is 0 Å². The molecular formula is C23H23Cl2NO2. The van der Waals surface area contributed by atoms with Gasteiger partial charge in [0, 0.05) is 17.3 Å². The van der Waals surface area contributed by atoms with E-state index in [2.05, 4.69) is 37.4 Å². The van der Waals surface area contributed by atoms with Gasteiger partial charge in [0.05, 0.1) is 12.1 Å². The first-order valence-corrected chi connectivity index (χ1v) is 9.76. The van der Waals surface area contributed by atoms with E-state index < -0.39 is 0 Å². The van der Waals surface area contributed by atoms with Crippen LogP contribution in [0.4, 0.5) is 5.69 Å². The molecular weight excluding hydrogens is 393 g/mol. The summed E-state index contributed by atoms with van der Waals surface area (Å²) in [6.45, 7) is 5.16. The zero-order valence-electron chi connectivity index (χ0n) is 16.2. The van der Waals surface area contributed by atoms with Crippen molar-refractivity contribution in [1.29, 1.82) is 0 Å². The molecule has 0 aliphatic rings. The Kier molecular flexibility index (Phi) is 6.71. The van der Waals surface area contributed by atoms with E-state index >= 15 is 0 Å². The molecule has 0 amide bonds. The van der Waals surface area contributed by atoms with E-state index in [-0.39, 0.29) is 0 Å². The predicted octanol–water partition coefficient (Wildman–Crippen LogP) is 6.81. The normalized spacial score (nSPS) is 10.6. The molecule has 0 saturated heterocycles. The standard InChI is InChI=1S/C23H23Cl2NO2/c1-15-7-8-16(2)21(9-15)26-13-18-11-20(25)23(22(12-18)27-3)28-14-17-5-4-6-19(24)10-17/h4-12,26H,13-14H2,1-3H3. The highest BCUT2D eigenvalue weighted by Crippen LogP contribution is 2.37. The van der Waals surface area contributed by atoms with Gasteiger partial charge in [-0.25, -0.2) is 0 Å². The number of halogens is 2. The number of rotatable bonds is 7. The molecule has 0 radical (unpaired) electrons. The molecule has 0 atom stereocenters. The van der Waals surface area contributed by atoms with Crippen LogP contribution in [-0.2, 0) is 13.2 Å². The van der Waals surface area contributed by atoms with Crippen molar-refractivity contribution in [2.75, 3.05) is 12.4 Å². The summed E-state index contributed by atoms with van der Waals surface area (Å²) in [7, 11) is 1.61. The van der Waals surface area contributed by atoms with Crippen LogP contribution in [0.15, 0.2) is 54.6 Å². The van der Waals surface area contributed by atoms with E-state index in [1.54, 1.807) is 7.11 Å². The van der Waals surface area contributed by atoms with Crippen LogP contribution in [-0.4, -0.2) is 7.11 Å². The molecule has 0 aliphatic heterocycles. The fraction of sp³-hybridized carbons (Fsp3) is 0.217. The Morgan fingerprint density at radius 3 is 2.50 bits per heavy atom. The van der Waals surface area contributed by atoms with Crippen LogP contribution in [0, 0.1) is 13.8 Å². The highest BCUT2D eigenvalue weighted by Gasteiger charge is 2.13. The van der Waals surface area contributed by atoms with Gasteiger partial charge >= 0.3 is 0 Å². The monoisotopic (exact) mass is 415 g/mol. The van der Waals surface area contributed by atoms with Gasteiger partial charge in [0.25, 0.3) is 0 Å². The van der Waals surface area contributed by atoms with Crippen molar-refractivity contribution in [3.05, 3.63) is 86.9 Å². The van der Waals surface area contributed by atoms with Crippen LogP contribution in [0.5, 0.6) is 11.5 Å². The molecule has 0 aliphatic carbocycles. The van der Waals surface area contributed by atoms with E-state index in [1.807, 2.05) is 36.4 Å². The largest absolute Gasteiger partial charge is 0.493 e. The highest BCUT2D eigenvalue weighted by atomic mass is 35.5. The van der Waals surface area contributed by atoms with E-state index in [9.17, 15) is 0 Å². The second-order valence-corrected chi connectivity index (χ2v) is 7.54. The Bertz CT molecular complexity index is 973. The highest BCUT2D eigenvalue weighted by molar-refractivity contribution is 6.32. The van der Waals surface area contributed by atoms with Crippen molar-refractivity contribution in [2.45, 2.75) is 27.0 Å². The van der Waals surface area contributed by atoms with E-state index in [0.717, 1.165) is 16.8 Å². The number of methoxy groups -OCH3 is 1. The van der Waals surface area contributed by atoms with Crippen LogP contribution in [0.25, 0.3) is 0 Å². The zero-order chi connectivity index (χ0) is 20.1. The summed E-state index contributed by atoms with van der Waals surface area (Å²) in [4.78, 5) is 0. The molecule has 1 N–H and O–H groups in total. The molecule has 3 rings (SSSR count). The molecule has 0 saturated carbocycles. The second kappa shape index (κ2) is 9.22. The van der Waals surface area contributed by atoms with Crippen LogP contribution in [0.1, 0.15) is 22.3 Å². The van der Waals surface area contributed by atoms with Gasteiger partial charge in [0.2, 0.25) is 0 Å². The molecule has 0 fully saturated rings. The molecule has 0 bridgehead atoms. The van der Waals surface area contributed by atoms with Gasteiger partial charge in [-0.05, 0) is 66.4 Å². The van der Waals surface area contributed by atoms with Crippen molar-refractivity contribution in [1.82, 2.24) is 0 Å². The number of ether oxygens (including phenoxy) is 2. The van der Waals surface area contributed by atoms with Crippen molar-refractivity contribution in [3.63, 3.8) is 0 Å². The first kappa shape index (κ1) is 20.4. The average Bonchev–Trinajstić information content (AvgIpc) is 2.67. The summed E-state index contributed by atoms with van der Waals surface area (Å²) >= 11 is 12.5. The minimum Gasteiger partial charge on any atom is -0.493 e. The summed E-state index contributed by atoms with van der Waals surface area (Å²) in [5.41, 5.74) is 5.50. The third-order valence-corrected chi connectivity index (χ3v) is 4.95. The van der Waals surface area contributed by atoms with E-state index in [0.29, 0.717) is 34.7 Å². The first-order valence-electron chi connectivity index (χ1n) is 9.01. The predicted molar refractivity (Wildman–Crippen MR) is 117 cm³/mol. The number of benzene rings is 3. The van der Waals surface area contributed by atoms with Crippen molar-refractivity contribution >= 4 is 28.9 Å². The topological polar surface area (TPSA) is 30.5 Å². The van der Waals surface area contributed by atoms with Crippen molar-refractivity contribution in [2.24, 2.45) is 0 Å². The summed E-state index contributed by atoms with van der Waals surface area (Å²) in [5, 5.41) is 4.65. The van der Waals surface area contributed by atoms with Gasteiger partial charge < -0.3 is 14.8 Å². The van der Waals surface area contributed by atoms with Crippen LogP contribution < -0.4 is 14.8 Å². The first-order chi connectivity index (χ1) is 13.5. The lowest BCUT2D eigenvalue weighted by Crippen LogP contribution is -2.03. The molecule has 28 heavy (non-hydrogen) atoms. The van der Waals surface area contributed by atoms with Gasteiger partial charge in [0.1, 0.15) is 6.61 Å². The zero-order valence-corrected chi connectivity index (χ0v) is 17.7. The Morgan fingerprint density at radius 1 is 0.929 bits per heavy atom. The molecule has 3 nitrogen and oxygen atoms in total. The maximum atomic E-state index is 6.49. The minimum atomic E-state index is 0.358. The Balaban J connectivity index is 1.74. The van der Waals surface area contributed by atoms with Crippen LogP contribution >= 0.6 is 23.2 Å². The molecule has 0 unspecified atom stereocenters. The van der Waals surface area contributed by atoms with E-state index in [1.165, 1.54) is 11.1 Å². The molecule has 0 aromatic heterocycles. The number of nitrogens with one attached hydrogen (secondary N) is 1. The Morgan fingerprint density at radius 2 is 1.75 bits per heavy atom. The lowest BCUT2D eigenvalue weighted by atomic mass is 10.1. The third kappa shape index (κ3) is 5.12. The number of anilines is 1. The maximum absolute atomic E-state index is 6.49. The van der Waals surface area contributed by atoms with Gasteiger partial charge in [0.15, 0.2) is 11.5 Å². The molecule has 5 heteroatoms. The fourth-order valence-electron chi connectivity index (χ4n) is 2.92. The third-order valence-electron chi connectivity index (χ3n) is 4.44. The van der Waals surface area contributed by atoms with Crippen LogP contribution in [0.2, 0.25) is 10.0 Å². The average molecular weight is 416 g/mol. The summed E-state index contributed by atoms with van der Waals surface area (Å²) in [6, 6.07) is 17.7. The maximum Gasteiger partial charge on any atom is 0.180 e. The number of hydrogen-bond donors (Lipinski definition) is 1. The summed E-state index contributed by atoms with van der Waals surface area (Å²) in [5.74, 6) is 1.13. The number of aryl methyl sites for hydroxylation is 2. The molecule has 146 valence electrons. The van der Waals surface area contributed by atoms with Crippen molar-refractivity contribution < 1.29 is 9.47 Å². The summed E-state index contributed by atoms with van der Waals surface area (Å²) < 4.78 is 11.4. The molecule has 3 aromatic carbocycles.